The summed E-state index contributed by atoms with van der Waals surface area (Å²) in [5, 5.41) is 12.2. The van der Waals surface area contributed by atoms with Gasteiger partial charge in [0.1, 0.15) is 5.82 Å². The number of aromatic nitrogens is 3. The van der Waals surface area contributed by atoms with Gasteiger partial charge in [-0.15, -0.1) is 10.2 Å². The van der Waals surface area contributed by atoms with Crippen LogP contribution in [-0.4, -0.2) is 57.1 Å². The molecule has 7 nitrogen and oxygen atoms in total. The van der Waals surface area contributed by atoms with Crippen molar-refractivity contribution in [1.82, 2.24) is 25.0 Å². The van der Waals surface area contributed by atoms with E-state index in [0.717, 1.165) is 42.8 Å². The van der Waals surface area contributed by atoms with Crippen LogP contribution in [0.3, 0.4) is 0 Å². The highest BCUT2D eigenvalue weighted by molar-refractivity contribution is 7.99. The van der Waals surface area contributed by atoms with Gasteiger partial charge in [0.25, 0.3) is 0 Å². The van der Waals surface area contributed by atoms with Crippen LogP contribution in [0.1, 0.15) is 29.4 Å². The fraction of sp³-hybridized carbons (Fsp3) is 0.400. The van der Waals surface area contributed by atoms with Crippen LogP contribution < -0.4 is 5.32 Å². The predicted octanol–water partition coefficient (Wildman–Crippen LogP) is 3.26. The zero-order valence-corrected chi connectivity index (χ0v) is 20.1. The van der Waals surface area contributed by atoms with Crippen LogP contribution in [-0.2, 0) is 29.2 Å². The van der Waals surface area contributed by atoms with Gasteiger partial charge in [-0.2, -0.15) is 0 Å². The number of thioether (sulfide) groups is 1. The Labute approximate surface area is 199 Å². The van der Waals surface area contributed by atoms with E-state index < -0.39 is 0 Å². The maximum atomic E-state index is 12.5. The first-order valence-electron chi connectivity index (χ1n) is 11.3. The number of carbonyl (C=O) groups is 1. The lowest BCUT2D eigenvalue weighted by molar-refractivity contribution is -0.118. The van der Waals surface area contributed by atoms with Gasteiger partial charge in [-0.3, -0.25) is 9.69 Å². The Bertz CT molecular complexity index is 1060. The average Bonchev–Trinajstić information content (AvgIpc) is 3.16. The molecule has 0 radical (unpaired) electrons. The largest absolute Gasteiger partial charge is 0.376 e. The van der Waals surface area contributed by atoms with E-state index in [1.54, 1.807) is 0 Å². The number of amides is 1. The van der Waals surface area contributed by atoms with Crippen molar-refractivity contribution in [1.29, 1.82) is 0 Å². The van der Waals surface area contributed by atoms with Gasteiger partial charge in [0.15, 0.2) is 5.16 Å². The lowest BCUT2D eigenvalue weighted by Crippen LogP contribution is -2.40. The predicted molar refractivity (Wildman–Crippen MR) is 130 cm³/mol. The standard InChI is InChI=1S/C25H31N5O2S/c1-19-15-29(11-12-32-19)16-23-10-6-9-22(13-23)14-26-24(31)18-33-25-28-27-20(2)30(25)17-21-7-4-3-5-8-21/h3-10,13,19H,11-12,14-18H2,1-2H3,(H,26,31). The molecule has 8 heteroatoms. The van der Waals surface area contributed by atoms with Crippen molar-refractivity contribution in [2.24, 2.45) is 0 Å². The van der Waals surface area contributed by atoms with Crippen molar-refractivity contribution in [3.05, 3.63) is 77.1 Å². The quantitative estimate of drug-likeness (QED) is 0.489. The number of hydrogen-bond acceptors (Lipinski definition) is 6. The molecule has 1 atom stereocenters. The van der Waals surface area contributed by atoms with Gasteiger partial charge in [-0.05, 0) is 30.5 Å². The molecule has 1 unspecified atom stereocenters. The Balaban J connectivity index is 1.26. The number of aryl methyl sites for hydroxylation is 1. The molecule has 1 aromatic heterocycles. The summed E-state index contributed by atoms with van der Waals surface area (Å²) in [7, 11) is 0. The Morgan fingerprint density at radius 1 is 1.09 bits per heavy atom. The van der Waals surface area contributed by atoms with Gasteiger partial charge in [0, 0.05) is 26.2 Å². The lowest BCUT2D eigenvalue weighted by atomic mass is 10.1. The van der Waals surface area contributed by atoms with Crippen molar-refractivity contribution in [2.75, 3.05) is 25.4 Å². The summed E-state index contributed by atoms with van der Waals surface area (Å²) >= 11 is 1.42. The molecule has 0 spiro atoms. The third-order valence-corrected chi connectivity index (χ3v) is 6.60. The van der Waals surface area contributed by atoms with E-state index in [1.807, 2.05) is 29.7 Å². The van der Waals surface area contributed by atoms with E-state index in [1.165, 1.54) is 22.9 Å². The average molecular weight is 466 g/mol. The van der Waals surface area contributed by atoms with Crippen molar-refractivity contribution in [3.8, 4) is 0 Å². The molecule has 1 N–H and O–H groups in total. The number of rotatable bonds is 9. The molecule has 0 aliphatic carbocycles. The van der Waals surface area contributed by atoms with E-state index in [0.29, 0.717) is 18.8 Å². The first-order valence-corrected chi connectivity index (χ1v) is 12.3. The molecule has 2 aromatic carbocycles. The molecule has 3 aromatic rings. The maximum absolute atomic E-state index is 12.5. The van der Waals surface area contributed by atoms with Crippen LogP contribution in [0.15, 0.2) is 59.8 Å². The van der Waals surface area contributed by atoms with Gasteiger partial charge >= 0.3 is 0 Å². The highest BCUT2D eigenvalue weighted by Crippen LogP contribution is 2.18. The SMILES string of the molecule is Cc1nnc(SCC(=O)NCc2cccc(CN3CCOC(C)C3)c2)n1Cc1ccccc1. The highest BCUT2D eigenvalue weighted by atomic mass is 32.2. The Morgan fingerprint density at radius 2 is 1.88 bits per heavy atom. The first-order chi connectivity index (χ1) is 16.1. The minimum absolute atomic E-state index is 0.0145. The zero-order chi connectivity index (χ0) is 23.0. The van der Waals surface area contributed by atoms with Crippen molar-refractivity contribution < 1.29 is 9.53 Å². The molecule has 1 aliphatic rings. The summed E-state index contributed by atoms with van der Waals surface area (Å²) < 4.78 is 7.67. The van der Waals surface area contributed by atoms with E-state index in [-0.39, 0.29) is 12.0 Å². The summed E-state index contributed by atoms with van der Waals surface area (Å²) in [6, 6.07) is 18.6. The third-order valence-electron chi connectivity index (χ3n) is 5.63. The molecule has 0 bridgehead atoms. The maximum Gasteiger partial charge on any atom is 0.230 e. The van der Waals surface area contributed by atoms with Gasteiger partial charge in [0.2, 0.25) is 5.91 Å². The monoisotopic (exact) mass is 465 g/mol. The summed E-state index contributed by atoms with van der Waals surface area (Å²) in [5.41, 5.74) is 3.54. The number of hydrogen-bond donors (Lipinski definition) is 1. The van der Waals surface area contributed by atoms with Gasteiger partial charge in [-0.25, -0.2) is 0 Å². The Kier molecular flexibility index (Phi) is 8.15. The normalized spacial score (nSPS) is 16.6. The highest BCUT2D eigenvalue weighted by Gasteiger charge is 2.17. The molecule has 1 aliphatic heterocycles. The number of carbonyl (C=O) groups excluding carboxylic acids is 1. The number of ether oxygens (including phenoxy) is 1. The van der Waals surface area contributed by atoms with Crippen molar-refractivity contribution in [3.63, 3.8) is 0 Å². The molecular weight excluding hydrogens is 434 g/mol. The second kappa shape index (κ2) is 11.4. The lowest BCUT2D eigenvalue weighted by Gasteiger charge is -2.31. The van der Waals surface area contributed by atoms with Crippen LogP contribution in [0.5, 0.6) is 0 Å². The molecule has 4 rings (SSSR count). The summed E-state index contributed by atoms with van der Waals surface area (Å²) in [5.74, 6) is 1.13. The van der Waals surface area contributed by atoms with Crippen LogP contribution in [0, 0.1) is 6.92 Å². The second-order valence-corrected chi connectivity index (χ2v) is 9.35. The van der Waals surface area contributed by atoms with Crippen molar-refractivity contribution >= 4 is 17.7 Å². The van der Waals surface area contributed by atoms with Gasteiger partial charge < -0.3 is 14.6 Å². The number of morpholine rings is 1. The van der Waals surface area contributed by atoms with Crippen molar-refractivity contribution in [2.45, 2.75) is 44.7 Å². The van der Waals surface area contributed by atoms with Gasteiger partial charge in [-0.1, -0.05) is 66.4 Å². The Hall–Kier alpha value is -2.68. The minimum Gasteiger partial charge on any atom is -0.376 e. The first kappa shape index (κ1) is 23.5. The number of nitrogens with zero attached hydrogens (tertiary/aromatic N) is 4. The number of nitrogens with one attached hydrogen (secondary N) is 1. The van der Waals surface area contributed by atoms with Crippen LogP contribution in [0.4, 0.5) is 0 Å². The van der Waals surface area contributed by atoms with Crippen LogP contribution >= 0.6 is 11.8 Å². The fourth-order valence-corrected chi connectivity index (χ4v) is 4.74. The van der Waals surface area contributed by atoms with E-state index in [9.17, 15) is 4.79 Å². The summed E-state index contributed by atoms with van der Waals surface area (Å²) in [6.07, 6.45) is 0.279. The van der Waals surface area contributed by atoms with Crippen LogP contribution in [0.25, 0.3) is 0 Å². The summed E-state index contributed by atoms with van der Waals surface area (Å²) in [4.78, 5) is 14.9. The minimum atomic E-state index is -0.0145. The van der Waals surface area contributed by atoms with E-state index in [4.69, 9.17) is 4.74 Å². The van der Waals surface area contributed by atoms with Crippen LogP contribution in [0.2, 0.25) is 0 Å². The van der Waals surface area contributed by atoms with Gasteiger partial charge in [0.05, 0.1) is 25.0 Å². The molecule has 2 heterocycles. The van der Waals surface area contributed by atoms with E-state index in [2.05, 4.69) is 63.7 Å². The molecule has 1 amide bonds. The third kappa shape index (κ3) is 6.90. The molecule has 174 valence electrons. The topological polar surface area (TPSA) is 72.3 Å². The molecule has 1 fully saturated rings. The summed E-state index contributed by atoms with van der Waals surface area (Å²) in [6.45, 7) is 8.85. The number of benzene rings is 2. The van der Waals surface area contributed by atoms with E-state index >= 15 is 0 Å². The molecular formula is C25H31N5O2S. The molecule has 1 saturated heterocycles. The zero-order valence-electron chi connectivity index (χ0n) is 19.2. The second-order valence-electron chi connectivity index (χ2n) is 8.40. The smallest absolute Gasteiger partial charge is 0.230 e. The molecule has 0 saturated carbocycles. The molecule has 33 heavy (non-hydrogen) atoms. The fourth-order valence-electron chi connectivity index (χ4n) is 3.93. The Morgan fingerprint density at radius 3 is 2.70 bits per heavy atom.